The van der Waals surface area contributed by atoms with Crippen molar-refractivity contribution in [3.63, 3.8) is 0 Å². The van der Waals surface area contributed by atoms with Crippen molar-refractivity contribution in [2.45, 2.75) is 44.7 Å². The second-order valence-corrected chi connectivity index (χ2v) is 10.8. The summed E-state index contributed by atoms with van der Waals surface area (Å²) in [6, 6.07) is 19.5. The first kappa shape index (κ1) is 29.0. The maximum absolute atomic E-state index is 14.4. The van der Waals surface area contributed by atoms with Crippen molar-refractivity contribution in [1.82, 2.24) is 15.1 Å². The number of nitro groups is 1. The van der Waals surface area contributed by atoms with Crippen LogP contribution in [0.3, 0.4) is 0 Å². The highest BCUT2D eigenvalue weighted by Gasteiger charge is 2.31. The van der Waals surface area contributed by atoms with E-state index in [2.05, 4.69) is 22.1 Å². The SMILES string of the molecule is Cc1c([N+](=O)[O-])ccc(F)c1C(=O)NC1CCN(C2CCN(C(=O)c3ccc(C#Cc4ccccc4)cc3)CC2)CC1. The molecule has 2 amide bonds. The van der Waals surface area contributed by atoms with Crippen LogP contribution in [0.4, 0.5) is 10.1 Å². The average Bonchev–Trinajstić information content (AvgIpc) is 3.01. The van der Waals surface area contributed by atoms with Crippen LogP contribution < -0.4 is 5.32 Å². The number of piperidine rings is 2. The van der Waals surface area contributed by atoms with Gasteiger partial charge in [-0.25, -0.2) is 4.39 Å². The summed E-state index contributed by atoms with van der Waals surface area (Å²) in [4.78, 5) is 40.8. The lowest BCUT2D eigenvalue weighted by Gasteiger charge is -2.42. The van der Waals surface area contributed by atoms with Crippen molar-refractivity contribution in [2.24, 2.45) is 0 Å². The first-order valence-corrected chi connectivity index (χ1v) is 14.2. The summed E-state index contributed by atoms with van der Waals surface area (Å²) >= 11 is 0. The molecule has 2 heterocycles. The maximum Gasteiger partial charge on any atom is 0.273 e. The van der Waals surface area contributed by atoms with Crippen molar-refractivity contribution in [1.29, 1.82) is 0 Å². The van der Waals surface area contributed by atoms with Gasteiger partial charge in [-0.1, -0.05) is 30.0 Å². The molecular formula is C33H33FN4O4. The number of nitrogens with one attached hydrogen (secondary N) is 1. The summed E-state index contributed by atoms with van der Waals surface area (Å²) in [6.07, 6.45) is 3.17. The number of hydrogen-bond acceptors (Lipinski definition) is 5. The van der Waals surface area contributed by atoms with E-state index in [0.717, 1.165) is 49.2 Å². The van der Waals surface area contributed by atoms with Gasteiger partial charge in [-0.15, -0.1) is 0 Å². The monoisotopic (exact) mass is 568 g/mol. The Bertz CT molecular complexity index is 1520. The first-order valence-electron chi connectivity index (χ1n) is 14.2. The predicted octanol–water partition coefficient (Wildman–Crippen LogP) is 4.94. The molecule has 0 unspecified atom stereocenters. The lowest BCUT2D eigenvalue weighted by molar-refractivity contribution is -0.385. The Morgan fingerprint density at radius 1 is 0.881 bits per heavy atom. The minimum absolute atomic E-state index is 0.0288. The molecule has 1 N–H and O–H groups in total. The maximum atomic E-state index is 14.4. The molecule has 0 bridgehead atoms. The van der Waals surface area contributed by atoms with Gasteiger partial charge in [0.2, 0.25) is 0 Å². The van der Waals surface area contributed by atoms with Gasteiger partial charge in [-0.2, -0.15) is 0 Å². The highest BCUT2D eigenvalue weighted by Crippen LogP contribution is 2.26. The predicted molar refractivity (Wildman–Crippen MR) is 158 cm³/mol. The summed E-state index contributed by atoms with van der Waals surface area (Å²) in [7, 11) is 0. The lowest BCUT2D eigenvalue weighted by atomic mass is 9.97. The zero-order chi connectivity index (χ0) is 29.6. The van der Waals surface area contributed by atoms with Crippen LogP contribution in [0.15, 0.2) is 66.7 Å². The second kappa shape index (κ2) is 13.0. The molecular weight excluding hydrogens is 535 g/mol. The van der Waals surface area contributed by atoms with Crippen molar-refractivity contribution in [2.75, 3.05) is 26.2 Å². The van der Waals surface area contributed by atoms with E-state index >= 15 is 0 Å². The standard InChI is InChI=1S/C33H33FN4O4/c1-23-30(38(41)42)14-13-29(34)31(23)32(39)35-27-15-19-36(20-16-27)28-17-21-37(22-18-28)33(40)26-11-9-25(10-12-26)8-7-24-5-3-2-4-6-24/h2-6,9-14,27-28H,15-22H2,1H3,(H,35,39). The van der Waals surface area contributed by atoms with E-state index in [4.69, 9.17) is 0 Å². The van der Waals surface area contributed by atoms with E-state index in [1.165, 1.54) is 6.92 Å². The average molecular weight is 569 g/mol. The molecule has 216 valence electrons. The van der Waals surface area contributed by atoms with Crippen molar-refractivity contribution >= 4 is 17.5 Å². The molecule has 0 aliphatic carbocycles. The zero-order valence-electron chi connectivity index (χ0n) is 23.5. The zero-order valence-corrected chi connectivity index (χ0v) is 23.5. The molecule has 2 aliphatic heterocycles. The molecule has 0 atom stereocenters. The van der Waals surface area contributed by atoms with Gasteiger partial charge in [-0.3, -0.25) is 19.7 Å². The van der Waals surface area contributed by atoms with E-state index in [1.54, 1.807) is 0 Å². The number of carbonyl (C=O) groups is 2. The highest BCUT2D eigenvalue weighted by atomic mass is 19.1. The minimum atomic E-state index is -0.762. The summed E-state index contributed by atoms with van der Waals surface area (Å²) in [5, 5.41) is 14.1. The Morgan fingerprint density at radius 3 is 2.12 bits per heavy atom. The van der Waals surface area contributed by atoms with Crippen LogP contribution in [0.1, 0.15) is 63.1 Å². The third-order valence-corrected chi connectivity index (χ3v) is 8.20. The normalized spacial score (nSPS) is 16.4. The van der Waals surface area contributed by atoms with Crippen LogP contribution in [0, 0.1) is 34.7 Å². The number of likely N-dealkylation sites (tertiary alicyclic amines) is 2. The highest BCUT2D eigenvalue weighted by molar-refractivity contribution is 5.97. The van der Waals surface area contributed by atoms with Crippen LogP contribution in [-0.4, -0.2) is 64.8 Å². The number of carbonyl (C=O) groups excluding carboxylic acids is 2. The largest absolute Gasteiger partial charge is 0.349 e. The van der Waals surface area contributed by atoms with E-state index in [0.29, 0.717) is 37.5 Å². The third-order valence-electron chi connectivity index (χ3n) is 8.20. The molecule has 0 aromatic heterocycles. The number of rotatable bonds is 5. The molecule has 2 saturated heterocycles. The van der Waals surface area contributed by atoms with Crippen LogP contribution in [-0.2, 0) is 0 Å². The Labute approximate surface area is 244 Å². The van der Waals surface area contributed by atoms with Gasteiger partial charge < -0.3 is 15.1 Å². The summed E-state index contributed by atoms with van der Waals surface area (Å²) in [5.41, 5.74) is 1.96. The Hall–Kier alpha value is -4.55. The Morgan fingerprint density at radius 2 is 1.50 bits per heavy atom. The van der Waals surface area contributed by atoms with Crippen LogP contribution >= 0.6 is 0 Å². The van der Waals surface area contributed by atoms with Gasteiger partial charge in [-0.05, 0) is 75.1 Å². The number of benzene rings is 3. The van der Waals surface area contributed by atoms with Crippen molar-refractivity contribution in [3.05, 3.63) is 110 Å². The molecule has 9 heteroatoms. The molecule has 0 spiro atoms. The Kier molecular flexibility index (Phi) is 8.94. The summed E-state index contributed by atoms with van der Waals surface area (Å²) in [5.74, 6) is 4.92. The molecule has 3 aromatic rings. The molecule has 0 radical (unpaired) electrons. The molecule has 2 aliphatic rings. The number of halogens is 1. The fourth-order valence-electron chi connectivity index (χ4n) is 5.79. The molecule has 5 rings (SSSR count). The van der Waals surface area contributed by atoms with Gasteiger partial charge in [0.05, 0.1) is 10.5 Å². The van der Waals surface area contributed by atoms with Gasteiger partial charge in [0.15, 0.2) is 0 Å². The number of nitro benzene ring substituents is 1. The number of hydrogen-bond donors (Lipinski definition) is 1. The van der Waals surface area contributed by atoms with Gasteiger partial charge >= 0.3 is 0 Å². The molecule has 42 heavy (non-hydrogen) atoms. The van der Waals surface area contributed by atoms with Crippen LogP contribution in [0.5, 0.6) is 0 Å². The van der Waals surface area contributed by atoms with E-state index in [1.807, 2.05) is 59.5 Å². The van der Waals surface area contributed by atoms with Gasteiger partial charge in [0.1, 0.15) is 5.82 Å². The first-order chi connectivity index (χ1) is 20.3. The van der Waals surface area contributed by atoms with E-state index in [9.17, 15) is 24.1 Å². The summed E-state index contributed by atoms with van der Waals surface area (Å²) in [6.45, 7) is 4.33. The third kappa shape index (κ3) is 6.67. The minimum Gasteiger partial charge on any atom is -0.349 e. The van der Waals surface area contributed by atoms with Crippen LogP contribution in [0.2, 0.25) is 0 Å². The smallest absolute Gasteiger partial charge is 0.273 e. The fraction of sp³-hybridized carbons (Fsp3) is 0.333. The van der Waals surface area contributed by atoms with E-state index < -0.39 is 16.6 Å². The second-order valence-electron chi connectivity index (χ2n) is 10.8. The fourth-order valence-corrected chi connectivity index (χ4v) is 5.79. The summed E-state index contributed by atoms with van der Waals surface area (Å²) < 4.78 is 14.4. The van der Waals surface area contributed by atoms with Crippen molar-refractivity contribution < 1.29 is 18.9 Å². The van der Waals surface area contributed by atoms with E-state index in [-0.39, 0.29) is 28.8 Å². The molecule has 2 fully saturated rings. The number of amides is 2. The number of nitrogens with zero attached hydrogens (tertiary/aromatic N) is 3. The van der Waals surface area contributed by atoms with Crippen LogP contribution in [0.25, 0.3) is 0 Å². The molecule has 0 saturated carbocycles. The lowest BCUT2D eigenvalue weighted by Crippen LogP contribution is -2.51. The van der Waals surface area contributed by atoms with Gasteiger partial charge in [0.25, 0.3) is 17.5 Å². The topological polar surface area (TPSA) is 95.8 Å². The van der Waals surface area contributed by atoms with Gasteiger partial charge in [0, 0.05) is 66.6 Å². The quantitative estimate of drug-likeness (QED) is 0.267. The molecule has 3 aromatic carbocycles. The van der Waals surface area contributed by atoms with Crippen molar-refractivity contribution in [3.8, 4) is 11.8 Å². The molecule has 8 nitrogen and oxygen atoms in total. The Balaban J connectivity index is 1.09.